The van der Waals surface area contributed by atoms with E-state index in [-0.39, 0.29) is 0 Å². The molecule has 10 heteroatoms. The number of aromatic nitrogens is 3. The van der Waals surface area contributed by atoms with Crippen molar-refractivity contribution in [2.24, 2.45) is 0 Å². The number of hydrogen-bond donors (Lipinski definition) is 2. The highest BCUT2D eigenvalue weighted by Gasteiger charge is 2.12. The van der Waals surface area contributed by atoms with Crippen molar-refractivity contribution in [3.05, 3.63) is 66.6 Å². The van der Waals surface area contributed by atoms with Gasteiger partial charge in [-0.3, -0.25) is 5.10 Å². The largest absolute Gasteiger partial charge is 0.493 e. The van der Waals surface area contributed by atoms with Gasteiger partial charge in [0.25, 0.3) is 0 Å². The molecular weight excluding hydrogens is 487 g/mol. The lowest BCUT2D eigenvalue weighted by molar-refractivity contribution is 0.284. The molecule has 0 spiro atoms. The molecule has 2 N–H and O–H groups in total. The van der Waals surface area contributed by atoms with Gasteiger partial charge in [0.1, 0.15) is 12.4 Å². The second kappa shape index (κ2) is 9.17. The topological polar surface area (TPSA) is 64.1 Å². The van der Waals surface area contributed by atoms with Crippen molar-refractivity contribution in [1.29, 1.82) is 0 Å². The van der Waals surface area contributed by atoms with Crippen LogP contribution in [-0.4, -0.2) is 22.0 Å². The van der Waals surface area contributed by atoms with Gasteiger partial charge in [0.2, 0.25) is 4.77 Å². The van der Waals surface area contributed by atoms with Gasteiger partial charge in [0.05, 0.1) is 13.7 Å². The number of H-pyrrole nitrogens is 1. The fraction of sp³-hybridized carbons (Fsp3) is 0.222. The number of benzene rings is 2. The zero-order valence-corrected chi connectivity index (χ0v) is 19.0. The van der Waals surface area contributed by atoms with Crippen LogP contribution in [0.5, 0.6) is 11.5 Å². The van der Waals surface area contributed by atoms with E-state index in [1.165, 1.54) is 0 Å². The van der Waals surface area contributed by atoms with Gasteiger partial charge in [0.15, 0.2) is 11.5 Å². The molecule has 0 saturated carbocycles. The fourth-order valence-corrected chi connectivity index (χ4v) is 3.67. The molecule has 0 atom stereocenters. The first-order chi connectivity index (χ1) is 13.4. The number of aryl methyl sites for hydroxylation is 1. The lowest BCUT2D eigenvalue weighted by Gasteiger charge is -2.15. The molecule has 1 aromatic heterocycles. The van der Waals surface area contributed by atoms with E-state index in [1.807, 2.05) is 25.1 Å². The summed E-state index contributed by atoms with van der Waals surface area (Å²) in [6.45, 7) is 2.66. The van der Waals surface area contributed by atoms with E-state index in [0.717, 1.165) is 21.4 Å². The molecule has 28 heavy (non-hydrogen) atoms. The van der Waals surface area contributed by atoms with Gasteiger partial charge < -0.3 is 14.9 Å². The third-order valence-electron chi connectivity index (χ3n) is 4.00. The minimum atomic E-state index is 0.291. The Morgan fingerprint density at radius 1 is 1.21 bits per heavy atom. The first kappa shape index (κ1) is 21.0. The van der Waals surface area contributed by atoms with E-state index in [2.05, 4.69) is 31.6 Å². The minimum Gasteiger partial charge on any atom is -0.493 e. The highest BCUT2D eigenvalue weighted by atomic mass is 79.9. The second-order valence-electron chi connectivity index (χ2n) is 5.87. The smallest absolute Gasteiger partial charge is 0.214 e. The van der Waals surface area contributed by atoms with Crippen LogP contribution in [-0.2, 0) is 13.2 Å². The number of aromatic amines is 1. The number of hydrogen-bond acceptors (Lipinski definition) is 5. The Kier molecular flexibility index (Phi) is 6.87. The Morgan fingerprint density at radius 2 is 2.00 bits per heavy atom. The van der Waals surface area contributed by atoms with Crippen LogP contribution in [0.2, 0.25) is 10.0 Å². The van der Waals surface area contributed by atoms with E-state index in [1.54, 1.807) is 23.9 Å². The third kappa shape index (κ3) is 4.81. The summed E-state index contributed by atoms with van der Waals surface area (Å²) < 4.78 is 14.5. The van der Waals surface area contributed by atoms with E-state index < -0.39 is 0 Å². The van der Waals surface area contributed by atoms with E-state index in [4.69, 9.17) is 44.9 Å². The van der Waals surface area contributed by atoms with Gasteiger partial charge in [-0.1, -0.05) is 45.2 Å². The molecule has 0 saturated heterocycles. The van der Waals surface area contributed by atoms with Crippen LogP contribution in [0.25, 0.3) is 0 Å². The van der Waals surface area contributed by atoms with Gasteiger partial charge in [-0.2, -0.15) is 5.10 Å². The van der Waals surface area contributed by atoms with E-state index in [9.17, 15) is 0 Å². The molecule has 2 aromatic carbocycles. The van der Waals surface area contributed by atoms with Gasteiger partial charge in [-0.05, 0) is 49.0 Å². The van der Waals surface area contributed by atoms with Crippen LogP contribution in [0.4, 0.5) is 0 Å². The van der Waals surface area contributed by atoms with Crippen molar-refractivity contribution >= 4 is 51.3 Å². The third-order valence-corrected chi connectivity index (χ3v) is 5.60. The van der Waals surface area contributed by atoms with Crippen molar-refractivity contribution in [3.8, 4) is 11.5 Å². The minimum absolute atomic E-state index is 0.291. The molecule has 148 valence electrons. The van der Waals surface area contributed by atoms with Crippen molar-refractivity contribution < 1.29 is 9.47 Å². The van der Waals surface area contributed by atoms with Crippen LogP contribution in [0, 0.1) is 11.7 Å². The number of halogens is 3. The van der Waals surface area contributed by atoms with Crippen LogP contribution < -0.4 is 14.9 Å². The molecule has 1 heterocycles. The summed E-state index contributed by atoms with van der Waals surface area (Å²) in [4.78, 5) is 0. The van der Waals surface area contributed by atoms with Crippen LogP contribution in [0.1, 0.15) is 17.0 Å². The highest BCUT2D eigenvalue weighted by molar-refractivity contribution is 9.10. The van der Waals surface area contributed by atoms with Crippen molar-refractivity contribution in [3.63, 3.8) is 0 Å². The molecule has 0 unspecified atom stereocenters. The van der Waals surface area contributed by atoms with E-state index >= 15 is 0 Å². The Bertz CT molecular complexity index is 1050. The van der Waals surface area contributed by atoms with Gasteiger partial charge in [0, 0.05) is 20.1 Å². The number of methoxy groups -OCH3 is 1. The summed E-state index contributed by atoms with van der Waals surface area (Å²) in [7, 11) is 1.60. The molecule has 0 aliphatic rings. The number of nitrogens with zero attached hydrogens (tertiary/aromatic N) is 2. The van der Waals surface area contributed by atoms with Gasteiger partial charge in [-0.25, -0.2) is 4.68 Å². The molecule has 0 aliphatic carbocycles. The standard InChI is InChI=1S/C18H17BrCl2N4O2S/c1-10-23-24-18(28)25(10)22-8-12-5-16(26-2)17(7-14(12)19)27-9-11-3-4-13(20)6-15(11)21/h3-7,22H,8-9H2,1-2H3,(H,24,28). The molecule has 0 bridgehead atoms. The second-order valence-corrected chi connectivity index (χ2v) is 7.95. The summed E-state index contributed by atoms with van der Waals surface area (Å²) in [5.74, 6) is 1.95. The fourth-order valence-electron chi connectivity index (χ4n) is 2.51. The molecule has 0 fully saturated rings. The van der Waals surface area contributed by atoms with Gasteiger partial charge in [-0.15, -0.1) is 0 Å². The number of nitrogens with one attached hydrogen (secondary N) is 2. The Morgan fingerprint density at radius 3 is 2.64 bits per heavy atom. The lowest BCUT2D eigenvalue weighted by atomic mass is 10.2. The summed E-state index contributed by atoms with van der Waals surface area (Å²) in [5, 5.41) is 7.95. The predicted octanol–water partition coefficient (Wildman–Crippen LogP) is 5.65. The molecule has 6 nitrogen and oxygen atoms in total. The molecule has 3 rings (SSSR count). The maximum absolute atomic E-state index is 6.21. The molecule has 3 aromatic rings. The zero-order chi connectivity index (χ0) is 20.3. The van der Waals surface area contributed by atoms with Crippen molar-refractivity contribution in [1.82, 2.24) is 14.9 Å². The number of ether oxygens (including phenoxy) is 2. The Labute approximate surface area is 185 Å². The average molecular weight is 504 g/mol. The zero-order valence-electron chi connectivity index (χ0n) is 15.1. The summed E-state index contributed by atoms with van der Waals surface area (Å²) >= 11 is 20.9. The van der Waals surface area contributed by atoms with Crippen molar-refractivity contribution in [2.75, 3.05) is 12.5 Å². The normalized spacial score (nSPS) is 10.8. The highest BCUT2D eigenvalue weighted by Crippen LogP contribution is 2.34. The summed E-state index contributed by atoms with van der Waals surface area (Å²) in [5.41, 5.74) is 5.02. The summed E-state index contributed by atoms with van der Waals surface area (Å²) in [6, 6.07) is 9.06. The monoisotopic (exact) mass is 502 g/mol. The van der Waals surface area contributed by atoms with Crippen molar-refractivity contribution in [2.45, 2.75) is 20.1 Å². The van der Waals surface area contributed by atoms with Crippen LogP contribution in [0.15, 0.2) is 34.8 Å². The first-order valence-corrected chi connectivity index (χ1v) is 10.2. The molecule has 0 radical (unpaired) electrons. The van der Waals surface area contributed by atoms with Crippen LogP contribution >= 0.6 is 51.3 Å². The maximum atomic E-state index is 6.21. The molecule has 0 amide bonds. The van der Waals surface area contributed by atoms with E-state index in [0.29, 0.717) is 39.5 Å². The summed E-state index contributed by atoms with van der Waals surface area (Å²) in [6.07, 6.45) is 0. The predicted molar refractivity (Wildman–Crippen MR) is 117 cm³/mol. The first-order valence-electron chi connectivity index (χ1n) is 8.20. The Balaban J connectivity index is 1.76. The lowest BCUT2D eigenvalue weighted by Crippen LogP contribution is -2.16. The van der Waals surface area contributed by atoms with Crippen LogP contribution in [0.3, 0.4) is 0 Å². The molecular formula is C18H17BrCl2N4O2S. The maximum Gasteiger partial charge on any atom is 0.214 e. The number of rotatable bonds is 7. The Hall–Kier alpha value is -1.74. The average Bonchev–Trinajstić information content (AvgIpc) is 2.98. The SMILES string of the molecule is COc1cc(CNn2c(C)n[nH]c2=S)c(Br)cc1OCc1ccc(Cl)cc1Cl. The quantitative estimate of drug-likeness (QED) is 0.408. The molecule has 0 aliphatic heterocycles. The van der Waals surface area contributed by atoms with Gasteiger partial charge >= 0.3 is 0 Å².